The van der Waals surface area contributed by atoms with Gasteiger partial charge in [0.05, 0.1) is 29.1 Å². The van der Waals surface area contributed by atoms with Gasteiger partial charge in [-0.2, -0.15) is 0 Å². The van der Waals surface area contributed by atoms with Crippen LogP contribution in [0, 0.1) is 0 Å². The number of fused-ring (bicyclic) bond motifs is 4. The van der Waals surface area contributed by atoms with E-state index in [1.54, 1.807) is 18.4 Å². The lowest BCUT2D eigenvalue weighted by Gasteiger charge is -2.21. The van der Waals surface area contributed by atoms with Gasteiger partial charge in [0.15, 0.2) is 10.3 Å². The second-order valence-corrected chi connectivity index (χ2v) is 10.9. The van der Waals surface area contributed by atoms with E-state index in [0.717, 1.165) is 51.3 Å². The summed E-state index contributed by atoms with van der Waals surface area (Å²) < 4.78 is 6.44. The zero-order valence-corrected chi connectivity index (χ0v) is 20.8. The molecule has 1 aliphatic heterocycles. The van der Waals surface area contributed by atoms with E-state index in [1.807, 2.05) is 30.0 Å². The minimum atomic E-state index is 0.439. The van der Waals surface area contributed by atoms with Crippen LogP contribution in [0.3, 0.4) is 0 Å². The number of ether oxygens (including phenoxy) is 1. The highest BCUT2D eigenvalue weighted by molar-refractivity contribution is 8.14. The van der Waals surface area contributed by atoms with Gasteiger partial charge in [-0.1, -0.05) is 59.5 Å². The highest BCUT2D eigenvalue weighted by atomic mass is 32.2. The largest absolute Gasteiger partial charge is 0.497 e. The van der Waals surface area contributed by atoms with Crippen LogP contribution >= 0.6 is 23.1 Å². The summed E-state index contributed by atoms with van der Waals surface area (Å²) in [7, 11) is 3.87. The van der Waals surface area contributed by atoms with Crippen molar-refractivity contribution in [3.63, 3.8) is 0 Å². The van der Waals surface area contributed by atoms with Gasteiger partial charge in [0.1, 0.15) is 5.75 Å². The summed E-state index contributed by atoms with van der Waals surface area (Å²) in [4.78, 5) is 12.0. The van der Waals surface area contributed by atoms with Gasteiger partial charge in [0.25, 0.3) is 0 Å². The molecule has 1 aromatic heterocycles. The maximum Gasteiger partial charge on any atom is 0.183 e. The Morgan fingerprint density at radius 1 is 1.12 bits per heavy atom. The summed E-state index contributed by atoms with van der Waals surface area (Å²) in [5.41, 5.74) is 6.25. The zero-order chi connectivity index (χ0) is 23.1. The first kappa shape index (κ1) is 21.5. The van der Waals surface area contributed by atoms with Crippen LogP contribution in [0.4, 0.5) is 10.8 Å². The monoisotopic (exact) mass is 486 g/mol. The van der Waals surface area contributed by atoms with Crippen LogP contribution in [0.2, 0.25) is 0 Å². The number of methoxy groups -OCH3 is 1. The Labute approximate surface area is 207 Å². The molecule has 2 heterocycles. The Morgan fingerprint density at radius 2 is 1.97 bits per heavy atom. The van der Waals surface area contributed by atoms with Gasteiger partial charge in [-0.05, 0) is 59.9 Å². The maximum absolute atomic E-state index is 5.31. The molecule has 6 rings (SSSR count). The molecule has 3 aromatic carbocycles. The van der Waals surface area contributed by atoms with Gasteiger partial charge in [0.2, 0.25) is 0 Å². The number of rotatable bonds is 6. The lowest BCUT2D eigenvalue weighted by molar-refractivity contribution is 0.402. The second kappa shape index (κ2) is 8.96. The number of hydrogen-bond donors (Lipinski definition) is 1. The molecule has 0 saturated carbocycles. The van der Waals surface area contributed by atoms with Gasteiger partial charge < -0.3 is 15.0 Å². The van der Waals surface area contributed by atoms with Crippen LogP contribution in [0.15, 0.2) is 71.7 Å². The van der Waals surface area contributed by atoms with Crippen LogP contribution in [0.5, 0.6) is 5.75 Å². The number of hydrogen-bond acceptors (Lipinski definition) is 6. The van der Waals surface area contributed by atoms with Crippen molar-refractivity contribution in [2.75, 3.05) is 26.0 Å². The third kappa shape index (κ3) is 4.03. The number of aromatic nitrogens is 1. The van der Waals surface area contributed by atoms with E-state index in [0.29, 0.717) is 11.3 Å². The first-order chi connectivity index (χ1) is 16.7. The van der Waals surface area contributed by atoms with E-state index in [-0.39, 0.29) is 0 Å². The first-order valence-corrected chi connectivity index (χ1v) is 13.2. The average molecular weight is 487 g/mol. The van der Waals surface area contributed by atoms with Crippen LogP contribution in [-0.4, -0.2) is 41.0 Å². The van der Waals surface area contributed by atoms with E-state index in [1.165, 1.54) is 16.7 Å². The summed E-state index contributed by atoms with van der Waals surface area (Å²) in [6.07, 6.45) is 2.06. The predicted molar refractivity (Wildman–Crippen MR) is 144 cm³/mol. The normalized spacial score (nSPS) is 20.1. The molecule has 1 aliphatic carbocycles. The zero-order valence-electron chi connectivity index (χ0n) is 19.2. The number of nitrogens with zero attached hydrogens (tertiary/aromatic N) is 3. The summed E-state index contributed by atoms with van der Waals surface area (Å²) in [5, 5.41) is 6.09. The third-order valence-corrected chi connectivity index (χ3v) is 8.86. The molecular formula is C27H26N4OS2. The summed E-state index contributed by atoms with van der Waals surface area (Å²) in [5.74, 6) is 0.863. The molecular weight excluding hydrogens is 460 g/mol. The van der Waals surface area contributed by atoms with Gasteiger partial charge in [-0.25, -0.2) is 9.98 Å². The molecule has 34 heavy (non-hydrogen) atoms. The molecule has 0 bridgehead atoms. The molecule has 7 heteroatoms. The molecule has 0 amide bonds. The number of aliphatic imine (C=N–C) groups is 1. The van der Waals surface area contributed by atoms with E-state index in [4.69, 9.17) is 9.73 Å². The minimum absolute atomic E-state index is 0.439. The number of benzene rings is 3. The van der Waals surface area contributed by atoms with E-state index in [9.17, 15) is 0 Å². The first-order valence-electron chi connectivity index (χ1n) is 11.5. The molecule has 1 fully saturated rings. The molecule has 4 aromatic rings. The SMILES string of the molecule is COc1ccc2nc(NCCc3ccc(N=C4SC5Cc6ccccc6[C@@H]5N4C)cc3)sc2c1. The lowest BCUT2D eigenvalue weighted by atomic mass is 10.1. The van der Waals surface area contributed by atoms with Crippen molar-refractivity contribution in [1.82, 2.24) is 9.88 Å². The minimum Gasteiger partial charge on any atom is -0.497 e. The van der Waals surface area contributed by atoms with E-state index in [2.05, 4.69) is 70.8 Å². The molecule has 1 saturated heterocycles. The molecule has 1 N–H and O–H groups in total. The number of anilines is 1. The maximum atomic E-state index is 5.31. The lowest BCUT2D eigenvalue weighted by Crippen LogP contribution is -2.23. The predicted octanol–water partition coefficient (Wildman–Crippen LogP) is 6.29. The van der Waals surface area contributed by atoms with Crippen LogP contribution in [-0.2, 0) is 12.8 Å². The van der Waals surface area contributed by atoms with Gasteiger partial charge in [-0.15, -0.1) is 0 Å². The number of nitrogens with one attached hydrogen (secondary N) is 1. The van der Waals surface area contributed by atoms with Crippen molar-refractivity contribution in [3.05, 3.63) is 83.4 Å². The van der Waals surface area contributed by atoms with Gasteiger partial charge in [0, 0.05) is 18.8 Å². The summed E-state index contributed by atoms with van der Waals surface area (Å²) >= 11 is 3.57. The Morgan fingerprint density at radius 3 is 2.82 bits per heavy atom. The standard InChI is InChI=1S/C27H26N4OS2/c1-31-25-21-6-4-3-5-18(21)15-24(25)34-27(31)29-19-9-7-17(8-10-19)13-14-28-26-30-22-12-11-20(32-2)16-23(22)33-26/h3-12,16,24-25H,13-15H2,1-2H3,(H,28,30)/t24?,25-/m0/s1. The smallest absolute Gasteiger partial charge is 0.183 e. The Balaban J connectivity index is 1.07. The molecule has 0 radical (unpaired) electrons. The molecule has 0 spiro atoms. The van der Waals surface area contributed by atoms with Gasteiger partial charge in [-0.3, -0.25) is 0 Å². The van der Waals surface area contributed by atoms with Crippen molar-refractivity contribution in [2.24, 2.45) is 4.99 Å². The fraction of sp³-hybridized carbons (Fsp3) is 0.259. The van der Waals surface area contributed by atoms with E-state index >= 15 is 0 Å². The van der Waals surface area contributed by atoms with Crippen LogP contribution < -0.4 is 10.1 Å². The van der Waals surface area contributed by atoms with Crippen molar-refractivity contribution in [3.8, 4) is 5.75 Å². The van der Waals surface area contributed by atoms with Crippen molar-refractivity contribution in [2.45, 2.75) is 24.1 Å². The van der Waals surface area contributed by atoms with Crippen molar-refractivity contribution < 1.29 is 4.74 Å². The Kier molecular flexibility index (Phi) is 5.67. The van der Waals surface area contributed by atoms with E-state index < -0.39 is 0 Å². The number of thiazole rings is 1. The number of thioether (sulfide) groups is 1. The van der Waals surface area contributed by atoms with Crippen LogP contribution in [0.1, 0.15) is 22.7 Å². The fourth-order valence-corrected chi connectivity index (χ4v) is 7.16. The number of amidine groups is 1. The quantitative estimate of drug-likeness (QED) is 0.347. The van der Waals surface area contributed by atoms with Gasteiger partial charge >= 0.3 is 0 Å². The Hall–Kier alpha value is -3.03. The third-order valence-electron chi connectivity index (χ3n) is 6.57. The highest BCUT2D eigenvalue weighted by Gasteiger charge is 2.43. The molecule has 2 aliphatic rings. The topological polar surface area (TPSA) is 49.8 Å². The highest BCUT2D eigenvalue weighted by Crippen LogP contribution is 2.48. The fourth-order valence-electron chi connectivity index (χ4n) is 4.81. The summed E-state index contributed by atoms with van der Waals surface area (Å²) in [6, 6.07) is 23.9. The molecule has 172 valence electrons. The summed E-state index contributed by atoms with van der Waals surface area (Å²) in [6.45, 7) is 0.839. The van der Waals surface area contributed by atoms with Crippen molar-refractivity contribution >= 4 is 49.3 Å². The van der Waals surface area contributed by atoms with Crippen molar-refractivity contribution in [1.29, 1.82) is 0 Å². The average Bonchev–Trinajstić information content (AvgIpc) is 3.52. The molecule has 2 atom stereocenters. The molecule has 5 nitrogen and oxygen atoms in total. The van der Waals surface area contributed by atoms with Crippen LogP contribution in [0.25, 0.3) is 10.2 Å². The Bertz CT molecular complexity index is 1360. The second-order valence-electron chi connectivity index (χ2n) is 8.71. The molecule has 1 unspecified atom stereocenters.